The molecule has 0 atom stereocenters. The van der Waals surface area contributed by atoms with Crippen molar-refractivity contribution in [3.05, 3.63) is 0 Å². The molecule has 2 amide bonds. The van der Waals surface area contributed by atoms with Crippen LogP contribution in [0.15, 0.2) is 0 Å². The fraction of sp³-hybridized carbons (Fsp3) is 0. The lowest BCUT2D eigenvalue weighted by Crippen LogP contribution is -2.29. The Balaban J connectivity index is 0. The first-order chi connectivity index (χ1) is 2.64. The van der Waals surface area contributed by atoms with Crippen molar-refractivity contribution in [1.82, 2.24) is 0 Å². The molecule has 0 aromatic heterocycles. The van der Waals surface area contributed by atoms with Gasteiger partial charge in [-0.25, -0.2) is 0 Å². The average Bonchev–Trinajstić information content (AvgIpc) is 1.36. The Morgan fingerprint density at radius 2 is 1.14 bits per heavy atom. The van der Waals surface area contributed by atoms with Crippen LogP contribution in [0.5, 0.6) is 0 Å². The van der Waals surface area contributed by atoms with E-state index in [4.69, 9.17) is 0 Å². The van der Waals surface area contributed by atoms with E-state index in [1.165, 1.54) is 0 Å². The molecular formula is C2H4N2O2Si. The first kappa shape index (κ1) is 9.48. The van der Waals surface area contributed by atoms with Gasteiger partial charge in [0.2, 0.25) is 0 Å². The quantitative estimate of drug-likeness (QED) is 0.272. The van der Waals surface area contributed by atoms with E-state index in [-0.39, 0.29) is 11.0 Å². The Bertz CT molecular complexity index is 79.7. The summed E-state index contributed by atoms with van der Waals surface area (Å²) in [6.45, 7) is 0. The molecule has 0 aromatic rings. The number of carbonyl (C=O) groups is 2. The van der Waals surface area contributed by atoms with Crippen molar-refractivity contribution in [3.8, 4) is 0 Å². The SMILES string of the molecule is NC(=O)C(N)=O.[Si]. The van der Waals surface area contributed by atoms with Gasteiger partial charge < -0.3 is 11.5 Å². The number of carbonyl (C=O) groups excluding carboxylic acids is 2. The maximum absolute atomic E-state index is 9.45. The zero-order chi connectivity index (χ0) is 5.15. The Hall–Kier alpha value is -0.843. The minimum absolute atomic E-state index is 0. The van der Waals surface area contributed by atoms with Crippen LogP contribution in [-0.4, -0.2) is 22.8 Å². The molecule has 0 rings (SSSR count). The van der Waals surface area contributed by atoms with E-state index < -0.39 is 11.8 Å². The molecule has 0 heterocycles. The van der Waals surface area contributed by atoms with Gasteiger partial charge in [0.25, 0.3) is 0 Å². The van der Waals surface area contributed by atoms with Gasteiger partial charge in [0, 0.05) is 11.0 Å². The summed E-state index contributed by atoms with van der Waals surface area (Å²) in [6.07, 6.45) is 0. The van der Waals surface area contributed by atoms with Gasteiger partial charge in [-0.2, -0.15) is 0 Å². The lowest BCUT2D eigenvalue weighted by molar-refractivity contribution is -0.135. The molecule has 0 aliphatic rings. The van der Waals surface area contributed by atoms with Crippen molar-refractivity contribution in [1.29, 1.82) is 0 Å². The Morgan fingerprint density at radius 3 is 1.14 bits per heavy atom. The van der Waals surface area contributed by atoms with E-state index in [2.05, 4.69) is 11.5 Å². The van der Waals surface area contributed by atoms with Gasteiger partial charge in [0.1, 0.15) is 0 Å². The largest absolute Gasteiger partial charge is 0.361 e. The lowest BCUT2D eigenvalue weighted by atomic mass is 10.6. The topological polar surface area (TPSA) is 86.2 Å². The first-order valence-electron chi connectivity index (χ1n) is 1.24. The van der Waals surface area contributed by atoms with Crippen molar-refractivity contribution in [2.75, 3.05) is 0 Å². The van der Waals surface area contributed by atoms with Gasteiger partial charge in [-0.15, -0.1) is 0 Å². The third-order valence-electron chi connectivity index (χ3n) is 0.243. The number of hydrogen-bond donors (Lipinski definition) is 2. The predicted octanol–water partition coefficient (Wildman–Crippen LogP) is -2.42. The summed E-state index contributed by atoms with van der Waals surface area (Å²) < 4.78 is 0. The average molecular weight is 116 g/mol. The number of nitrogens with two attached hydrogens (primary N) is 2. The van der Waals surface area contributed by atoms with E-state index in [0.29, 0.717) is 0 Å². The molecule has 0 aliphatic carbocycles. The highest BCUT2D eigenvalue weighted by Gasteiger charge is 1.96. The predicted molar refractivity (Wildman–Crippen MR) is 24.1 cm³/mol. The molecule has 38 valence electrons. The van der Waals surface area contributed by atoms with Gasteiger partial charge in [-0.05, 0) is 0 Å². The van der Waals surface area contributed by atoms with Crippen LogP contribution in [0.4, 0.5) is 0 Å². The van der Waals surface area contributed by atoms with Crippen molar-refractivity contribution in [2.24, 2.45) is 11.5 Å². The summed E-state index contributed by atoms with van der Waals surface area (Å²) in [6, 6.07) is 0. The molecule has 0 unspecified atom stereocenters. The molecule has 7 heavy (non-hydrogen) atoms. The van der Waals surface area contributed by atoms with Crippen molar-refractivity contribution >= 4 is 22.8 Å². The van der Waals surface area contributed by atoms with Crippen LogP contribution in [-0.2, 0) is 9.59 Å². The lowest BCUT2D eigenvalue weighted by Gasteiger charge is -1.75. The van der Waals surface area contributed by atoms with Gasteiger partial charge in [0.15, 0.2) is 0 Å². The number of primary amides is 2. The summed E-state index contributed by atoms with van der Waals surface area (Å²) >= 11 is 0. The van der Waals surface area contributed by atoms with E-state index in [9.17, 15) is 9.59 Å². The zero-order valence-corrected chi connectivity index (χ0v) is 4.47. The zero-order valence-electron chi connectivity index (χ0n) is 3.47. The third kappa shape index (κ3) is 5.16. The van der Waals surface area contributed by atoms with E-state index in [1.54, 1.807) is 0 Å². The Kier molecular flexibility index (Phi) is 4.54. The summed E-state index contributed by atoms with van der Waals surface area (Å²) in [5.74, 6) is -2.20. The second-order valence-corrected chi connectivity index (χ2v) is 0.729. The molecule has 0 saturated carbocycles. The molecule has 4 radical (unpaired) electrons. The summed E-state index contributed by atoms with van der Waals surface area (Å²) in [5, 5.41) is 0. The molecule has 4 nitrogen and oxygen atoms in total. The maximum atomic E-state index is 9.45. The van der Waals surface area contributed by atoms with Crippen molar-refractivity contribution in [2.45, 2.75) is 0 Å². The summed E-state index contributed by atoms with van der Waals surface area (Å²) in [5.41, 5.74) is 8.64. The van der Waals surface area contributed by atoms with Crippen molar-refractivity contribution < 1.29 is 9.59 Å². The summed E-state index contributed by atoms with van der Waals surface area (Å²) in [4.78, 5) is 18.9. The van der Waals surface area contributed by atoms with Gasteiger partial charge in [0.05, 0.1) is 0 Å². The van der Waals surface area contributed by atoms with Crippen LogP contribution in [0, 0.1) is 0 Å². The number of amides is 2. The second kappa shape index (κ2) is 3.35. The van der Waals surface area contributed by atoms with Crippen molar-refractivity contribution in [3.63, 3.8) is 0 Å². The molecule has 0 aliphatic heterocycles. The monoisotopic (exact) mass is 116 g/mol. The highest BCUT2D eigenvalue weighted by atomic mass is 28.1. The highest BCUT2D eigenvalue weighted by molar-refractivity contribution is 6.33. The molecule has 0 spiro atoms. The highest BCUT2D eigenvalue weighted by Crippen LogP contribution is 1.44. The van der Waals surface area contributed by atoms with Crippen LogP contribution < -0.4 is 11.5 Å². The molecular weight excluding hydrogens is 112 g/mol. The van der Waals surface area contributed by atoms with Gasteiger partial charge in [-0.1, -0.05) is 0 Å². The maximum Gasteiger partial charge on any atom is 0.306 e. The fourth-order valence-corrected chi connectivity index (χ4v) is 0. The Morgan fingerprint density at radius 1 is 1.00 bits per heavy atom. The molecule has 0 aromatic carbocycles. The molecule has 0 bridgehead atoms. The molecule has 5 heteroatoms. The molecule has 0 saturated heterocycles. The van der Waals surface area contributed by atoms with Gasteiger partial charge >= 0.3 is 11.8 Å². The third-order valence-corrected chi connectivity index (χ3v) is 0.243. The normalized spacial score (nSPS) is 6.29. The number of rotatable bonds is 0. The van der Waals surface area contributed by atoms with Crippen LogP contribution in [0.1, 0.15) is 0 Å². The smallest absolute Gasteiger partial charge is 0.306 e. The van der Waals surface area contributed by atoms with Crippen LogP contribution in [0.25, 0.3) is 0 Å². The minimum Gasteiger partial charge on any atom is -0.361 e. The first-order valence-corrected chi connectivity index (χ1v) is 1.24. The van der Waals surface area contributed by atoms with E-state index in [0.717, 1.165) is 0 Å². The fourth-order valence-electron chi connectivity index (χ4n) is 0. The minimum atomic E-state index is -1.10. The van der Waals surface area contributed by atoms with Crippen LogP contribution in [0.3, 0.4) is 0 Å². The van der Waals surface area contributed by atoms with Gasteiger partial charge in [-0.3, -0.25) is 9.59 Å². The van der Waals surface area contributed by atoms with Crippen LogP contribution >= 0.6 is 0 Å². The van der Waals surface area contributed by atoms with E-state index in [1.807, 2.05) is 0 Å². The second-order valence-electron chi connectivity index (χ2n) is 0.729. The number of hydrogen-bond acceptors (Lipinski definition) is 2. The van der Waals surface area contributed by atoms with Crippen LogP contribution in [0.2, 0.25) is 0 Å². The molecule has 4 N–H and O–H groups in total. The standard InChI is InChI=1S/C2H4N2O2.Si/c3-1(5)2(4)6;/h(H2,3,5)(H2,4,6);. The van der Waals surface area contributed by atoms with E-state index >= 15 is 0 Å². The summed E-state index contributed by atoms with van der Waals surface area (Å²) in [7, 11) is 0. The Labute approximate surface area is 44.9 Å². The molecule has 0 fully saturated rings.